The summed E-state index contributed by atoms with van der Waals surface area (Å²) >= 11 is 0. The highest BCUT2D eigenvalue weighted by molar-refractivity contribution is 6.22. The van der Waals surface area contributed by atoms with E-state index in [0.717, 1.165) is 55.0 Å². The first-order valence-corrected chi connectivity index (χ1v) is 15.7. The van der Waals surface area contributed by atoms with Gasteiger partial charge in [0.2, 0.25) is 0 Å². The van der Waals surface area contributed by atoms with Crippen molar-refractivity contribution in [3.8, 4) is 56.4 Å². The van der Waals surface area contributed by atoms with Gasteiger partial charge in [-0.1, -0.05) is 152 Å². The number of aromatic nitrogens is 3. The summed E-state index contributed by atoms with van der Waals surface area (Å²) in [4.78, 5) is 15.2. The number of benzene rings is 7. The minimum absolute atomic E-state index is 0.621. The van der Waals surface area contributed by atoms with E-state index in [2.05, 4.69) is 109 Å². The first-order chi connectivity index (χ1) is 23.3. The van der Waals surface area contributed by atoms with Crippen LogP contribution in [0.3, 0.4) is 0 Å². The number of furan rings is 1. The summed E-state index contributed by atoms with van der Waals surface area (Å²) in [5, 5.41) is 4.31. The molecule has 9 aromatic rings. The monoisotopic (exact) mass is 601 g/mol. The van der Waals surface area contributed by atoms with Gasteiger partial charge in [0.25, 0.3) is 0 Å². The quantitative estimate of drug-likeness (QED) is 0.197. The van der Waals surface area contributed by atoms with Crippen LogP contribution in [0.15, 0.2) is 168 Å². The lowest BCUT2D eigenvalue weighted by Crippen LogP contribution is -2.00. The van der Waals surface area contributed by atoms with E-state index in [1.54, 1.807) is 0 Å². The molecule has 0 radical (unpaired) electrons. The highest BCUT2D eigenvalue weighted by Crippen LogP contribution is 2.40. The summed E-state index contributed by atoms with van der Waals surface area (Å²) < 4.78 is 6.27. The Hall–Kier alpha value is -6.39. The van der Waals surface area contributed by atoms with E-state index in [4.69, 9.17) is 19.4 Å². The maximum atomic E-state index is 6.27. The van der Waals surface area contributed by atoms with Gasteiger partial charge in [0.15, 0.2) is 17.5 Å². The van der Waals surface area contributed by atoms with Crippen molar-refractivity contribution in [2.45, 2.75) is 0 Å². The van der Waals surface area contributed by atoms with E-state index in [1.807, 2.05) is 54.6 Å². The van der Waals surface area contributed by atoms with Crippen molar-refractivity contribution in [3.05, 3.63) is 164 Å². The second-order valence-corrected chi connectivity index (χ2v) is 11.6. The highest BCUT2D eigenvalue weighted by Gasteiger charge is 2.18. The molecule has 7 aromatic carbocycles. The topological polar surface area (TPSA) is 51.8 Å². The molecule has 0 bridgehead atoms. The van der Waals surface area contributed by atoms with Gasteiger partial charge in [-0.25, -0.2) is 15.0 Å². The molecule has 9 rings (SSSR count). The zero-order chi connectivity index (χ0) is 31.2. The molecule has 47 heavy (non-hydrogen) atoms. The summed E-state index contributed by atoms with van der Waals surface area (Å²) in [5.74, 6) is 1.87. The molecular weight excluding hydrogens is 574 g/mol. The van der Waals surface area contributed by atoms with E-state index >= 15 is 0 Å². The number of hydrogen-bond donors (Lipinski definition) is 0. The van der Waals surface area contributed by atoms with Gasteiger partial charge in [-0.05, 0) is 39.8 Å². The molecule has 4 heteroatoms. The van der Waals surface area contributed by atoms with Gasteiger partial charge >= 0.3 is 0 Å². The lowest BCUT2D eigenvalue weighted by molar-refractivity contribution is 0.669. The van der Waals surface area contributed by atoms with Crippen LogP contribution in [0.25, 0.3) is 89.1 Å². The molecule has 4 nitrogen and oxygen atoms in total. The van der Waals surface area contributed by atoms with Crippen molar-refractivity contribution < 1.29 is 4.42 Å². The van der Waals surface area contributed by atoms with Crippen LogP contribution >= 0.6 is 0 Å². The number of nitrogens with zero attached hydrogens (tertiary/aromatic N) is 3. The van der Waals surface area contributed by atoms with Crippen molar-refractivity contribution >= 4 is 32.7 Å². The first-order valence-electron chi connectivity index (χ1n) is 15.7. The molecule has 0 fully saturated rings. The summed E-state index contributed by atoms with van der Waals surface area (Å²) in [7, 11) is 0. The van der Waals surface area contributed by atoms with Gasteiger partial charge in [0.05, 0.1) is 0 Å². The van der Waals surface area contributed by atoms with E-state index in [9.17, 15) is 0 Å². The highest BCUT2D eigenvalue weighted by atomic mass is 16.3. The second kappa shape index (κ2) is 11.2. The van der Waals surface area contributed by atoms with E-state index in [-0.39, 0.29) is 0 Å². The maximum absolute atomic E-state index is 6.27. The van der Waals surface area contributed by atoms with Crippen molar-refractivity contribution in [1.82, 2.24) is 15.0 Å². The van der Waals surface area contributed by atoms with Gasteiger partial charge in [-0.3, -0.25) is 0 Å². The Morgan fingerprint density at radius 3 is 1.57 bits per heavy atom. The third kappa shape index (κ3) is 4.75. The van der Waals surface area contributed by atoms with Crippen LogP contribution in [0, 0.1) is 0 Å². The smallest absolute Gasteiger partial charge is 0.164 e. The average molecular weight is 602 g/mol. The normalized spacial score (nSPS) is 11.4. The SMILES string of the molecule is c1ccc(-c2nc(-c3ccc(-c4ccccc4-c4ccccc4)cc3)nc(-c3cccc4ccc5oc6ccccc6c5c34)n2)cc1. The van der Waals surface area contributed by atoms with Crippen LogP contribution in [0.4, 0.5) is 0 Å². The largest absolute Gasteiger partial charge is 0.456 e. The Balaban J connectivity index is 1.22. The van der Waals surface area contributed by atoms with E-state index in [1.165, 1.54) is 16.7 Å². The molecule has 0 N–H and O–H groups in total. The number of hydrogen-bond acceptors (Lipinski definition) is 4. The second-order valence-electron chi connectivity index (χ2n) is 11.6. The van der Waals surface area contributed by atoms with Gasteiger partial charge < -0.3 is 4.42 Å². The zero-order valence-corrected chi connectivity index (χ0v) is 25.3. The van der Waals surface area contributed by atoms with Crippen molar-refractivity contribution in [2.24, 2.45) is 0 Å². The molecule has 0 aliphatic heterocycles. The van der Waals surface area contributed by atoms with Crippen LogP contribution < -0.4 is 0 Å². The third-order valence-corrected chi connectivity index (χ3v) is 8.76. The van der Waals surface area contributed by atoms with Crippen LogP contribution in [0.2, 0.25) is 0 Å². The fourth-order valence-electron chi connectivity index (χ4n) is 6.52. The van der Waals surface area contributed by atoms with E-state index in [0.29, 0.717) is 17.5 Å². The van der Waals surface area contributed by atoms with Crippen LogP contribution in [0.1, 0.15) is 0 Å². The number of fused-ring (bicyclic) bond motifs is 5. The Morgan fingerprint density at radius 1 is 0.319 bits per heavy atom. The number of para-hydroxylation sites is 1. The molecular formula is C43H27N3O. The molecule has 220 valence electrons. The Labute approximate surface area is 271 Å². The summed E-state index contributed by atoms with van der Waals surface area (Å²) in [6.07, 6.45) is 0. The molecule has 2 heterocycles. The Morgan fingerprint density at radius 2 is 0.851 bits per heavy atom. The lowest BCUT2D eigenvalue weighted by atomic mass is 9.94. The molecule has 0 aliphatic carbocycles. The summed E-state index contributed by atoms with van der Waals surface area (Å²) in [5.41, 5.74) is 9.20. The molecule has 0 unspecified atom stereocenters. The predicted octanol–water partition coefficient (Wildman–Crippen LogP) is 11.3. The third-order valence-electron chi connectivity index (χ3n) is 8.76. The number of rotatable bonds is 5. The van der Waals surface area contributed by atoms with Crippen molar-refractivity contribution in [3.63, 3.8) is 0 Å². The van der Waals surface area contributed by atoms with Crippen LogP contribution in [-0.2, 0) is 0 Å². The summed E-state index contributed by atoms with van der Waals surface area (Å²) in [6, 6.07) is 56.3. The summed E-state index contributed by atoms with van der Waals surface area (Å²) in [6.45, 7) is 0. The molecule has 0 atom stereocenters. The van der Waals surface area contributed by atoms with Gasteiger partial charge in [-0.15, -0.1) is 0 Å². The maximum Gasteiger partial charge on any atom is 0.164 e. The fourth-order valence-corrected chi connectivity index (χ4v) is 6.52. The standard InChI is InChI=1S/C43H27N3O/c1-3-12-28(13-4-1)33-17-7-8-18-34(33)29-22-24-32(25-23-29)42-44-41(31-14-5-2-6-15-31)45-43(46-42)36-20-11-16-30-26-27-38-40(39(30)36)35-19-9-10-21-37(35)47-38/h1-27H. The predicted molar refractivity (Wildman–Crippen MR) is 192 cm³/mol. The average Bonchev–Trinajstić information content (AvgIpc) is 3.54. The molecule has 0 aliphatic rings. The van der Waals surface area contributed by atoms with Gasteiger partial charge in [0.1, 0.15) is 11.2 Å². The minimum Gasteiger partial charge on any atom is -0.456 e. The Kier molecular flexibility index (Phi) is 6.43. The van der Waals surface area contributed by atoms with Crippen LogP contribution in [0.5, 0.6) is 0 Å². The van der Waals surface area contributed by atoms with Gasteiger partial charge in [0, 0.05) is 32.8 Å². The Bertz CT molecular complexity index is 2550. The minimum atomic E-state index is 0.621. The van der Waals surface area contributed by atoms with E-state index < -0.39 is 0 Å². The van der Waals surface area contributed by atoms with Crippen LogP contribution in [-0.4, -0.2) is 15.0 Å². The fraction of sp³-hybridized carbons (Fsp3) is 0. The van der Waals surface area contributed by atoms with Crippen molar-refractivity contribution in [2.75, 3.05) is 0 Å². The first kappa shape index (κ1) is 27.0. The lowest BCUT2D eigenvalue weighted by Gasteiger charge is -2.12. The molecule has 2 aromatic heterocycles. The van der Waals surface area contributed by atoms with Gasteiger partial charge in [-0.2, -0.15) is 0 Å². The molecule has 0 saturated carbocycles. The molecule has 0 saturated heterocycles. The molecule has 0 spiro atoms. The molecule has 0 amide bonds. The zero-order valence-electron chi connectivity index (χ0n) is 25.3. The van der Waals surface area contributed by atoms with Crippen molar-refractivity contribution in [1.29, 1.82) is 0 Å².